The third-order valence-corrected chi connectivity index (χ3v) is 0. The van der Waals surface area contributed by atoms with Gasteiger partial charge >= 0.3 is 0 Å². The van der Waals surface area contributed by atoms with Gasteiger partial charge in [0.2, 0.25) is 0 Å². The van der Waals surface area contributed by atoms with Crippen molar-refractivity contribution >= 4 is 8.41 Å². The maximum Gasteiger partial charge on any atom is 0.0814 e. The zero-order chi connectivity index (χ0) is 0. The molecule has 0 saturated carbocycles. The van der Waals surface area contributed by atoms with Crippen LogP contribution < -0.4 is 0 Å². The maximum atomic E-state index is 0. The molecule has 0 aromatic heterocycles. The van der Waals surface area contributed by atoms with Gasteiger partial charge in [0.25, 0.3) is 0 Å². The van der Waals surface area contributed by atoms with Crippen LogP contribution in [0.3, 0.4) is 0 Å². The summed E-state index contributed by atoms with van der Waals surface area (Å²) in [6.45, 7) is 0. The third kappa shape index (κ3) is 35.9. The van der Waals surface area contributed by atoms with Crippen LogP contribution in [0.1, 0.15) is 0 Å². The van der Waals surface area contributed by atoms with Crippen molar-refractivity contribution in [1.29, 1.82) is 0 Å². The van der Waals surface area contributed by atoms with Gasteiger partial charge in [-0.05, 0) is 0 Å². The molecule has 0 fully saturated rings. The number of rotatable bonds is 0. The molecule has 0 atom stereocenters. The maximum absolute atomic E-state index is 0. The first-order valence-corrected chi connectivity index (χ1v) is 0. The van der Waals surface area contributed by atoms with Crippen LogP contribution in [0.5, 0.6) is 0 Å². The predicted octanol–water partition coefficient (Wildman–Crippen LogP) is -1.20. The van der Waals surface area contributed by atoms with Crippen molar-refractivity contribution in [1.82, 2.24) is 0 Å². The van der Waals surface area contributed by atoms with Crippen molar-refractivity contribution in [3.05, 3.63) is 0 Å². The Morgan fingerprint density at radius 1 is 1.00 bits per heavy atom. The van der Waals surface area contributed by atoms with Crippen molar-refractivity contribution in [2.45, 2.75) is 0 Å². The van der Waals surface area contributed by atoms with Crippen LogP contribution in [-0.2, 0) is 108 Å². The molecule has 0 N–H and O–H groups in total. The Morgan fingerprint density at radius 3 is 1.00 bits per heavy atom. The van der Waals surface area contributed by atoms with E-state index in [1.807, 2.05) is 0 Å². The first kappa shape index (κ1) is 58.8. The average molecular weight is 739 g/mol. The van der Waals surface area contributed by atoms with E-state index in [0.29, 0.717) is 0 Å². The molecule has 0 rings (SSSR count). The van der Waals surface area contributed by atoms with Crippen LogP contribution >= 0.6 is 0 Å². The van der Waals surface area contributed by atoms with E-state index in [0.717, 1.165) is 0 Å². The number of hydrogen-bond donors (Lipinski definition) is 0. The second kappa shape index (κ2) is 44.4. The average Bonchev–Trinajstić information content (AvgIpc) is 0. The van der Waals surface area contributed by atoms with Crippen molar-refractivity contribution < 1.29 is 149 Å². The van der Waals surface area contributed by atoms with E-state index in [9.17, 15) is 0 Å². The van der Waals surface area contributed by atoms with Crippen LogP contribution in [0.25, 0.3) is 0 Å². The molecule has 0 aliphatic rings. The molecule has 0 saturated heterocycles. The zero-order valence-corrected chi connectivity index (χ0v) is 15.9. The van der Waals surface area contributed by atoms with E-state index in [-0.39, 0.29) is 158 Å². The van der Waals surface area contributed by atoms with Gasteiger partial charge in [-0.25, -0.2) is 0 Å². The van der Waals surface area contributed by atoms with Crippen LogP contribution in [0.15, 0.2) is 0 Å². The summed E-state index contributed by atoms with van der Waals surface area (Å²) < 4.78 is 0. The van der Waals surface area contributed by atoms with E-state index < -0.39 is 0 Å². The third-order valence-electron chi connectivity index (χ3n) is 0. The Bertz CT molecular complexity index is 19.7. The molecule has 0 spiro atoms. The fourth-order valence-electron chi connectivity index (χ4n) is 0. The predicted molar refractivity (Wildman–Crippen MR) is 9.94 cm³/mol. The van der Waals surface area contributed by atoms with Crippen LogP contribution in [0.4, 0.5) is 0 Å². The minimum absolute atomic E-state index is 0. The van der Waals surface area contributed by atoms with Gasteiger partial charge in [0, 0.05) is 149 Å². The second-order valence-corrected chi connectivity index (χ2v) is 0. The Balaban J connectivity index is 0. The summed E-state index contributed by atoms with van der Waals surface area (Å²) in [7, 11) is 0. The standard InChI is InChI=1S/BH3.Co.Cr.Nd.Pt.Re.Y/h1H3;;;;;;. The normalized spacial score (nSPS) is 0. The van der Waals surface area contributed by atoms with E-state index in [1.54, 1.807) is 0 Å². The van der Waals surface area contributed by atoms with Gasteiger partial charge in [0.1, 0.15) is 0 Å². The topological polar surface area (TPSA) is 0 Å². The van der Waals surface area contributed by atoms with Gasteiger partial charge in [-0.15, -0.1) is 0 Å². The SMILES string of the molecule is B.[Co].[Cr].[Nd].[Pt].[Re].[Y]. The van der Waals surface area contributed by atoms with Crippen molar-refractivity contribution in [2.24, 2.45) is 0 Å². The van der Waals surface area contributed by atoms with Gasteiger partial charge in [0.15, 0.2) is 0 Å². The largest absolute Gasteiger partial charge is 0.0814 e. The first-order chi connectivity index (χ1) is 0. The minimum atomic E-state index is 0. The summed E-state index contributed by atoms with van der Waals surface area (Å²) >= 11 is 0. The molecule has 7 heteroatoms. The summed E-state index contributed by atoms with van der Waals surface area (Å²) in [5.74, 6) is 0. The van der Waals surface area contributed by atoms with Crippen molar-refractivity contribution in [3.63, 3.8) is 0 Å². The van der Waals surface area contributed by atoms with E-state index in [4.69, 9.17) is 0 Å². The molecule has 7 heavy (non-hydrogen) atoms. The summed E-state index contributed by atoms with van der Waals surface area (Å²) in [6, 6.07) is 0. The van der Waals surface area contributed by atoms with Gasteiger partial charge in [-0.1, -0.05) is 0 Å². The smallest absolute Gasteiger partial charge is 0 e. The fourth-order valence-corrected chi connectivity index (χ4v) is 0. The monoisotopic (exact) mass is 738 g/mol. The molecule has 0 amide bonds. The zero-order valence-electron chi connectivity index (χ0n) is 2.51. The van der Waals surface area contributed by atoms with Crippen LogP contribution in [0, 0.1) is 40.8 Å². The Labute approximate surface area is 153 Å². The van der Waals surface area contributed by atoms with Crippen LogP contribution in [-0.4, -0.2) is 8.41 Å². The Hall–Kier alpha value is 4.91. The van der Waals surface area contributed by atoms with Gasteiger partial charge < -0.3 is 0 Å². The quantitative estimate of drug-likeness (QED) is 0.275. The molecule has 0 aromatic rings. The Kier molecular flexibility index (Phi) is 373. The number of hydrogen-bond acceptors (Lipinski definition) is 0. The summed E-state index contributed by atoms with van der Waals surface area (Å²) in [5, 5.41) is 0. The molecule has 0 heterocycles. The molecule has 0 aliphatic heterocycles. The van der Waals surface area contributed by atoms with Crippen molar-refractivity contribution in [2.75, 3.05) is 0 Å². The summed E-state index contributed by atoms with van der Waals surface area (Å²) in [4.78, 5) is 0. The molecule has 0 unspecified atom stereocenters. The van der Waals surface area contributed by atoms with Gasteiger partial charge in [-0.3, -0.25) is 0 Å². The fraction of sp³-hybridized carbons (Fsp3) is 0. The minimum Gasteiger partial charge on any atom is 0 e. The summed E-state index contributed by atoms with van der Waals surface area (Å²) in [6.07, 6.45) is 0. The molecular formula is H3BCoCrNdPtReY. The van der Waals surface area contributed by atoms with E-state index in [2.05, 4.69) is 0 Å². The van der Waals surface area contributed by atoms with Crippen molar-refractivity contribution in [3.8, 4) is 0 Å². The molecule has 0 nitrogen and oxygen atoms in total. The van der Waals surface area contributed by atoms with Gasteiger partial charge in [0.05, 0.1) is 8.41 Å². The van der Waals surface area contributed by atoms with Gasteiger partial charge in [-0.2, -0.15) is 0 Å². The second-order valence-electron chi connectivity index (χ2n) is 0. The summed E-state index contributed by atoms with van der Waals surface area (Å²) in [5.41, 5.74) is 0. The molecule has 0 aromatic carbocycles. The van der Waals surface area contributed by atoms with Crippen LogP contribution in [0.2, 0.25) is 0 Å². The van der Waals surface area contributed by atoms with E-state index >= 15 is 0 Å². The molecule has 0 aliphatic carbocycles. The first-order valence-electron chi connectivity index (χ1n) is 0. The van der Waals surface area contributed by atoms with E-state index in [1.165, 1.54) is 0 Å². The molecule has 3 radical (unpaired) electrons. The molecule has 0 bridgehead atoms. The Morgan fingerprint density at radius 2 is 1.00 bits per heavy atom. The molecular weight excluding hydrogens is 736 g/mol. The molecule has 45 valence electrons.